The minimum absolute atomic E-state index is 0.0302. The van der Waals surface area contributed by atoms with E-state index in [-0.39, 0.29) is 30.1 Å². The standard InChI is InChI=1S/C25H33BrN6O3/c1-15-12-32(13-16(2)35-15)25(34)21-8-18(26)9-22(27)23(21)30-19-5-4-6-31(14-19)24(33)17-7-20(28-3)11-29-10-17/h7-11,15-16,19,28,30H,4-6,12-14,27H2,1-3H3/t15-,16?,19-/m1/s1. The van der Waals surface area contributed by atoms with Crippen LogP contribution in [0.15, 0.2) is 35.1 Å². The Morgan fingerprint density at radius 1 is 1.09 bits per heavy atom. The molecule has 0 saturated carbocycles. The molecule has 4 rings (SSSR count). The van der Waals surface area contributed by atoms with E-state index in [0.717, 1.165) is 23.0 Å². The molecule has 4 N–H and O–H groups in total. The second-order valence-corrected chi connectivity index (χ2v) is 10.2. The van der Waals surface area contributed by atoms with Crippen molar-refractivity contribution in [2.75, 3.05) is 49.6 Å². The maximum Gasteiger partial charge on any atom is 0.256 e. The number of rotatable bonds is 5. The number of carbonyl (C=O) groups is 2. The quantitative estimate of drug-likeness (QED) is 0.494. The number of nitrogens with zero attached hydrogens (tertiary/aromatic N) is 3. The summed E-state index contributed by atoms with van der Waals surface area (Å²) in [6.45, 7) is 6.18. The molecule has 3 heterocycles. The molecule has 1 aromatic carbocycles. The van der Waals surface area contributed by atoms with Crippen LogP contribution in [0.4, 0.5) is 17.1 Å². The summed E-state index contributed by atoms with van der Waals surface area (Å²) in [6, 6.07) is 5.38. The van der Waals surface area contributed by atoms with E-state index in [1.165, 1.54) is 0 Å². The Morgan fingerprint density at radius 2 is 1.83 bits per heavy atom. The van der Waals surface area contributed by atoms with E-state index in [9.17, 15) is 9.59 Å². The van der Waals surface area contributed by atoms with Crippen LogP contribution in [-0.2, 0) is 4.74 Å². The first-order valence-corrected chi connectivity index (χ1v) is 12.8. The number of piperidine rings is 1. The summed E-state index contributed by atoms with van der Waals surface area (Å²) in [5.74, 6) is -0.140. The molecule has 3 atom stereocenters. The number of hydrogen-bond donors (Lipinski definition) is 3. The van der Waals surface area contributed by atoms with Crippen molar-refractivity contribution >= 4 is 44.8 Å². The Morgan fingerprint density at radius 3 is 2.54 bits per heavy atom. The fourth-order valence-electron chi connectivity index (χ4n) is 4.83. The van der Waals surface area contributed by atoms with Gasteiger partial charge < -0.3 is 30.9 Å². The van der Waals surface area contributed by atoms with Gasteiger partial charge in [-0.2, -0.15) is 0 Å². The number of benzene rings is 1. The molecule has 2 aliphatic rings. The van der Waals surface area contributed by atoms with Gasteiger partial charge in [-0.15, -0.1) is 0 Å². The van der Waals surface area contributed by atoms with Crippen molar-refractivity contribution in [3.63, 3.8) is 0 Å². The topological polar surface area (TPSA) is 113 Å². The molecule has 0 bridgehead atoms. The van der Waals surface area contributed by atoms with E-state index in [4.69, 9.17) is 10.5 Å². The normalized spacial score (nSPS) is 22.6. The highest BCUT2D eigenvalue weighted by molar-refractivity contribution is 9.10. The molecular weight excluding hydrogens is 512 g/mol. The van der Waals surface area contributed by atoms with Gasteiger partial charge in [0.15, 0.2) is 0 Å². The molecule has 2 aromatic rings. The zero-order valence-electron chi connectivity index (χ0n) is 20.4. The number of amides is 2. The summed E-state index contributed by atoms with van der Waals surface area (Å²) < 4.78 is 6.54. The van der Waals surface area contributed by atoms with Gasteiger partial charge in [-0.25, -0.2) is 0 Å². The lowest BCUT2D eigenvalue weighted by Crippen LogP contribution is -2.48. The zero-order chi connectivity index (χ0) is 25.1. The number of nitrogen functional groups attached to an aromatic ring is 1. The van der Waals surface area contributed by atoms with Gasteiger partial charge in [0.2, 0.25) is 0 Å². The van der Waals surface area contributed by atoms with Crippen LogP contribution in [0, 0.1) is 0 Å². The molecule has 0 spiro atoms. The van der Waals surface area contributed by atoms with Crippen LogP contribution in [0.1, 0.15) is 47.4 Å². The molecule has 2 saturated heterocycles. The average Bonchev–Trinajstić information content (AvgIpc) is 2.84. The Kier molecular flexibility index (Phi) is 7.81. The van der Waals surface area contributed by atoms with Gasteiger partial charge in [-0.3, -0.25) is 14.6 Å². The van der Waals surface area contributed by atoms with Crippen molar-refractivity contribution < 1.29 is 14.3 Å². The highest BCUT2D eigenvalue weighted by Gasteiger charge is 2.30. The molecule has 1 unspecified atom stereocenters. The summed E-state index contributed by atoms with van der Waals surface area (Å²) in [4.78, 5) is 34.5. The summed E-state index contributed by atoms with van der Waals surface area (Å²) in [5, 5.41) is 6.52. The third kappa shape index (κ3) is 5.87. The fourth-order valence-corrected chi connectivity index (χ4v) is 5.31. The summed E-state index contributed by atoms with van der Waals surface area (Å²) in [5.41, 5.74) is 9.36. The molecule has 2 fully saturated rings. The minimum atomic E-state index is -0.0822. The van der Waals surface area contributed by atoms with E-state index in [2.05, 4.69) is 31.5 Å². The lowest BCUT2D eigenvalue weighted by Gasteiger charge is -2.37. The van der Waals surface area contributed by atoms with E-state index in [1.54, 1.807) is 31.6 Å². The lowest BCUT2D eigenvalue weighted by atomic mass is 10.0. The maximum absolute atomic E-state index is 13.6. The number of pyridine rings is 1. The van der Waals surface area contributed by atoms with Crippen LogP contribution in [0.2, 0.25) is 0 Å². The molecule has 188 valence electrons. The number of ether oxygens (including phenoxy) is 1. The number of nitrogens with one attached hydrogen (secondary N) is 2. The molecular formula is C25H33BrN6O3. The fraction of sp³-hybridized carbons (Fsp3) is 0.480. The number of likely N-dealkylation sites (tertiary alicyclic amines) is 1. The Balaban J connectivity index is 1.53. The number of hydrogen-bond acceptors (Lipinski definition) is 7. The highest BCUT2D eigenvalue weighted by atomic mass is 79.9. The molecule has 35 heavy (non-hydrogen) atoms. The van der Waals surface area contributed by atoms with Crippen molar-refractivity contribution in [2.45, 2.75) is 44.9 Å². The first kappa shape index (κ1) is 25.2. The molecule has 1 aromatic heterocycles. The van der Waals surface area contributed by atoms with Crippen LogP contribution < -0.4 is 16.4 Å². The predicted molar refractivity (Wildman–Crippen MR) is 141 cm³/mol. The largest absolute Gasteiger partial charge is 0.397 e. The Hall–Kier alpha value is -2.85. The van der Waals surface area contributed by atoms with Crippen molar-refractivity contribution in [3.8, 4) is 0 Å². The second kappa shape index (κ2) is 10.8. The number of nitrogens with two attached hydrogens (primary N) is 1. The lowest BCUT2D eigenvalue weighted by molar-refractivity contribution is -0.0585. The maximum atomic E-state index is 13.6. The number of anilines is 3. The monoisotopic (exact) mass is 544 g/mol. The first-order valence-electron chi connectivity index (χ1n) is 12.0. The van der Waals surface area contributed by atoms with Gasteiger partial charge >= 0.3 is 0 Å². The third-order valence-electron chi connectivity index (χ3n) is 6.40. The van der Waals surface area contributed by atoms with E-state index in [0.29, 0.717) is 48.7 Å². The summed E-state index contributed by atoms with van der Waals surface area (Å²) in [6.07, 6.45) is 4.93. The van der Waals surface area contributed by atoms with Gasteiger partial charge in [0.25, 0.3) is 11.8 Å². The summed E-state index contributed by atoms with van der Waals surface area (Å²) in [7, 11) is 1.80. The van der Waals surface area contributed by atoms with Gasteiger partial charge in [0.05, 0.1) is 40.4 Å². The van der Waals surface area contributed by atoms with Gasteiger partial charge in [-0.05, 0) is 44.9 Å². The van der Waals surface area contributed by atoms with Crippen LogP contribution in [-0.4, -0.2) is 78.1 Å². The smallest absolute Gasteiger partial charge is 0.256 e. The molecule has 10 heteroatoms. The first-order chi connectivity index (χ1) is 16.7. The molecule has 0 aliphatic carbocycles. The van der Waals surface area contributed by atoms with Gasteiger partial charge in [0, 0.05) is 56.1 Å². The van der Waals surface area contributed by atoms with E-state index >= 15 is 0 Å². The number of carbonyl (C=O) groups excluding carboxylic acids is 2. The SMILES string of the molecule is CNc1cncc(C(=O)N2CCC[C@@H](Nc3c(N)cc(Br)cc3C(=O)N3CC(C)O[C@H](C)C3)C2)c1. The number of morpholine rings is 1. The van der Waals surface area contributed by atoms with Crippen molar-refractivity contribution in [1.29, 1.82) is 0 Å². The van der Waals surface area contributed by atoms with Crippen molar-refractivity contribution in [2.24, 2.45) is 0 Å². The predicted octanol–water partition coefficient (Wildman–Crippen LogP) is 3.43. The highest BCUT2D eigenvalue weighted by Crippen LogP contribution is 2.32. The molecule has 0 radical (unpaired) electrons. The van der Waals surface area contributed by atoms with Gasteiger partial charge in [0.1, 0.15) is 0 Å². The van der Waals surface area contributed by atoms with Crippen LogP contribution >= 0.6 is 15.9 Å². The third-order valence-corrected chi connectivity index (χ3v) is 6.86. The average molecular weight is 545 g/mol. The van der Waals surface area contributed by atoms with E-state index in [1.807, 2.05) is 29.7 Å². The Bertz CT molecular complexity index is 1090. The number of aromatic nitrogens is 1. The molecule has 9 nitrogen and oxygen atoms in total. The molecule has 2 amide bonds. The van der Waals surface area contributed by atoms with E-state index < -0.39 is 0 Å². The Labute approximate surface area is 214 Å². The van der Waals surface area contributed by atoms with Gasteiger partial charge in [-0.1, -0.05) is 15.9 Å². The van der Waals surface area contributed by atoms with Crippen LogP contribution in [0.25, 0.3) is 0 Å². The van der Waals surface area contributed by atoms with Crippen molar-refractivity contribution in [1.82, 2.24) is 14.8 Å². The second-order valence-electron chi connectivity index (χ2n) is 9.33. The minimum Gasteiger partial charge on any atom is -0.397 e. The molecule has 2 aliphatic heterocycles. The van der Waals surface area contributed by atoms with Crippen molar-refractivity contribution in [3.05, 3.63) is 46.2 Å². The van der Waals surface area contributed by atoms with Crippen LogP contribution in [0.3, 0.4) is 0 Å². The van der Waals surface area contributed by atoms with Crippen LogP contribution in [0.5, 0.6) is 0 Å². The summed E-state index contributed by atoms with van der Waals surface area (Å²) >= 11 is 3.49. The zero-order valence-corrected chi connectivity index (χ0v) is 22.0. The number of halogens is 1.